The van der Waals surface area contributed by atoms with E-state index < -0.39 is 12.0 Å². The van der Waals surface area contributed by atoms with E-state index in [4.69, 9.17) is 15.3 Å². The molecular formula is C8H10BrNO3S. The second kappa shape index (κ2) is 5.43. The number of nitrogens with two attached hydrogens (primary N) is 1. The normalized spacial score (nSPS) is 12.7. The van der Waals surface area contributed by atoms with Gasteiger partial charge in [-0.3, -0.25) is 4.79 Å². The van der Waals surface area contributed by atoms with Crippen LogP contribution in [0.2, 0.25) is 0 Å². The quantitative estimate of drug-likeness (QED) is 0.858. The number of hydrogen-bond donors (Lipinski definition) is 2. The van der Waals surface area contributed by atoms with Crippen molar-refractivity contribution in [3.8, 4) is 0 Å². The summed E-state index contributed by atoms with van der Waals surface area (Å²) < 4.78 is 5.91. The van der Waals surface area contributed by atoms with Crippen LogP contribution in [0.1, 0.15) is 5.76 Å². The third kappa shape index (κ3) is 3.73. The molecule has 1 aromatic heterocycles. The van der Waals surface area contributed by atoms with Crippen molar-refractivity contribution in [3.63, 3.8) is 0 Å². The van der Waals surface area contributed by atoms with Crippen LogP contribution in [0.5, 0.6) is 0 Å². The van der Waals surface area contributed by atoms with Crippen molar-refractivity contribution in [3.05, 3.63) is 22.6 Å². The number of carbonyl (C=O) groups is 1. The van der Waals surface area contributed by atoms with Crippen molar-refractivity contribution in [1.29, 1.82) is 0 Å². The van der Waals surface area contributed by atoms with Crippen LogP contribution < -0.4 is 5.73 Å². The molecule has 1 rings (SSSR count). The van der Waals surface area contributed by atoms with Crippen LogP contribution in [0.25, 0.3) is 0 Å². The molecule has 1 atom stereocenters. The summed E-state index contributed by atoms with van der Waals surface area (Å²) in [6.07, 6.45) is 0. The van der Waals surface area contributed by atoms with E-state index >= 15 is 0 Å². The Hall–Kier alpha value is -0.460. The molecule has 4 nitrogen and oxygen atoms in total. The van der Waals surface area contributed by atoms with Gasteiger partial charge in [0.2, 0.25) is 0 Å². The van der Waals surface area contributed by atoms with Crippen molar-refractivity contribution >= 4 is 33.7 Å². The maximum absolute atomic E-state index is 10.4. The van der Waals surface area contributed by atoms with E-state index in [1.54, 1.807) is 6.07 Å². The van der Waals surface area contributed by atoms with Gasteiger partial charge in [-0.2, -0.15) is 11.8 Å². The van der Waals surface area contributed by atoms with E-state index in [2.05, 4.69) is 15.9 Å². The Morgan fingerprint density at radius 2 is 2.43 bits per heavy atom. The molecule has 78 valence electrons. The topological polar surface area (TPSA) is 76.5 Å². The Labute approximate surface area is 94.0 Å². The molecule has 0 amide bonds. The first-order valence-electron chi connectivity index (χ1n) is 3.90. The van der Waals surface area contributed by atoms with Gasteiger partial charge in [0.05, 0.1) is 5.75 Å². The minimum absolute atomic E-state index is 0.383. The first-order chi connectivity index (χ1) is 6.59. The first kappa shape index (κ1) is 11.6. The molecule has 14 heavy (non-hydrogen) atoms. The Kier molecular flexibility index (Phi) is 4.50. The molecule has 0 aliphatic carbocycles. The molecule has 0 aliphatic heterocycles. The van der Waals surface area contributed by atoms with Gasteiger partial charge in [-0.15, -0.1) is 0 Å². The zero-order chi connectivity index (χ0) is 10.6. The Bertz CT molecular complexity index is 315. The summed E-state index contributed by atoms with van der Waals surface area (Å²) in [5.41, 5.74) is 5.33. The molecule has 0 aliphatic rings. The van der Waals surface area contributed by atoms with Crippen LogP contribution in [0, 0.1) is 0 Å². The molecule has 0 saturated carbocycles. The fourth-order valence-electron chi connectivity index (χ4n) is 0.787. The van der Waals surface area contributed by atoms with Crippen LogP contribution in [0.15, 0.2) is 21.2 Å². The average Bonchev–Trinajstić information content (AvgIpc) is 2.51. The van der Waals surface area contributed by atoms with E-state index in [1.165, 1.54) is 11.8 Å². The highest BCUT2D eigenvalue weighted by Crippen LogP contribution is 2.19. The highest BCUT2D eigenvalue weighted by atomic mass is 79.9. The molecule has 0 radical (unpaired) electrons. The monoisotopic (exact) mass is 279 g/mol. The number of aliphatic carboxylic acids is 1. The SMILES string of the molecule is N[C@H](CSCc1ccc(Br)o1)C(=O)O. The van der Waals surface area contributed by atoms with Crippen molar-refractivity contribution < 1.29 is 14.3 Å². The summed E-state index contributed by atoms with van der Waals surface area (Å²) >= 11 is 4.62. The van der Waals surface area contributed by atoms with Crippen molar-refractivity contribution in [2.75, 3.05) is 5.75 Å². The molecule has 0 fully saturated rings. The second-order valence-corrected chi connectivity index (χ2v) is 4.48. The van der Waals surface area contributed by atoms with Gasteiger partial charge < -0.3 is 15.3 Å². The first-order valence-corrected chi connectivity index (χ1v) is 5.84. The molecule has 0 spiro atoms. The van der Waals surface area contributed by atoms with Crippen LogP contribution >= 0.6 is 27.7 Å². The zero-order valence-electron chi connectivity index (χ0n) is 7.27. The minimum atomic E-state index is -0.974. The lowest BCUT2D eigenvalue weighted by atomic mass is 10.4. The lowest BCUT2D eigenvalue weighted by Gasteiger charge is -2.03. The molecule has 0 bridgehead atoms. The number of halogens is 1. The van der Waals surface area contributed by atoms with Crippen molar-refractivity contribution in [2.45, 2.75) is 11.8 Å². The van der Waals surface area contributed by atoms with Gasteiger partial charge in [0.15, 0.2) is 4.67 Å². The Morgan fingerprint density at radius 1 is 1.71 bits per heavy atom. The summed E-state index contributed by atoms with van der Waals surface area (Å²) in [6, 6.07) is 2.83. The summed E-state index contributed by atoms with van der Waals surface area (Å²) in [4.78, 5) is 10.4. The minimum Gasteiger partial charge on any atom is -0.480 e. The van der Waals surface area contributed by atoms with Crippen LogP contribution in [-0.4, -0.2) is 22.9 Å². The largest absolute Gasteiger partial charge is 0.480 e. The maximum atomic E-state index is 10.4. The highest BCUT2D eigenvalue weighted by molar-refractivity contribution is 9.10. The average molecular weight is 280 g/mol. The summed E-state index contributed by atoms with van der Waals surface area (Å²) in [5, 5.41) is 8.51. The van der Waals surface area contributed by atoms with Crippen LogP contribution in [-0.2, 0) is 10.5 Å². The molecule has 3 N–H and O–H groups in total. The lowest BCUT2D eigenvalue weighted by Crippen LogP contribution is -2.32. The fraction of sp³-hybridized carbons (Fsp3) is 0.375. The molecule has 6 heteroatoms. The van der Waals surface area contributed by atoms with Gasteiger partial charge in [-0.25, -0.2) is 0 Å². The van der Waals surface area contributed by atoms with E-state index in [0.29, 0.717) is 16.2 Å². The van der Waals surface area contributed by atoms with Gasteiger partial charge >= 0.3 is 5.97 Å². The third-order valence-corrected chi connectivity index (χ3v) is 3.00. The molecule has 0 saturated heterocycles. The summed E-state index contributed by atoms with van der Waals surface area (Å²) in [6.45, 7) is 0. The van der Waals surface area contributed by atoms with E-state index in [9.17, 15) is 4.79 Å². The van der Waals surface area contributed by atoms with E-state index in [-0.39, 0.29) is 0 Å². The third-order valence-electron chi connectivity index (χ3n) is 1.49. The Balaban J connectivity index is 2.25. The standard InChI is InChI=1S/C8H10BrNO3S/c9-7-2-1-5(13-7)3-14-4-6(10)8(11)12/h1-2,6H,3-4,10H2,(H,11,12)/t6-/m1/s1. The number of rotatable bonds is 5. The lowest BCUT2D eigenvalue weighted by molar-refractivity contribution is -0.137. The van der Waals surface area contributed by atoms with Crippen molar-refractivity contribution in [2.24, 2.45) is 5.73 Å². The predicted octanol–water partition coefficient (Wildman–Crippen LogP) is 1.69. The van der Waals surface area contributed by atoms with Crippen LogP contribution in [0.3, 0.4) is 0 Å². The van der Waals surface area contributed by atoms with Gasteiger partial charge in [0.25, 0.3) is 0 Å². The molecule has 0 unspecified atom stereocenters. The predicted molar refractivity (Wildman–Crippen MR) is 58.2 cm³/mol. The number of furan rings is 1. The summed E-state index contributed by atoms with van der Waals surface area (Å²) in [5.74, 6) is 0.845. The van der Waals surface area contributed by atoms with Gasteiger partial charge in [-0.1, -0.05) is 0 Å². The number of hydrogen-bond acceptors (Lipinski definition) is 4. The second-order valence-electron chi connectivity index (χ2n) is 2.67. The summed E-state index contributed by atoms with van der Waals surface area (Å²) in [7, 11) is 0. The van der Waals surface area contributed by atoms with Crippen molar-refractivity contribution in [1.82, 2.24) is 0 Å². The van der Waals surface area contributed by atoms with Gasteiger partial charge in [0.1, 0.15) is 11.8 Å². The maximum Gasteiger partial charge on any atom is 0.321 e. The molecule has 0 aromatic carbocycles. The smallest absolute Gasteiger partial charge is 0.321 e. The molecular weight excluding hydrogens is 270 g/mol. The molecule has 1 aromatic rings. The number of carboxylic acid groups (broad SMARTS) is 1. The van der Waals surface area contributed by atoms with E-state index in [0.717, 1.165) is 5.76 Å². The zero-order valence-corrected chi connectivity index (χ0v) is 9.68. The van der Waals surface area contributed by atoms with Crippen LogP contribution in [0.4, 0.5) is 0 Å². The molecule has 1 heterocycles. The van der Waals surface area contributed by atoms with Gasteiger partial charge in [-0.05, 0) is 28.1 Å². The Morgan fingerprint density at radius 3 is 2.93 bits per heavy atom. The number of carboxylic acids is 1. The fourth-order valence-corrected chi connectivity index (χ4v) is 2.00. The highest BCUT2D eigenvalue weighted by Gasteiger charge is 2.11. The van der Waals surface area contributed by atoms with E-state index in [1.807, 2.05) is 6.07 Å². The number of thioether (sulfide) groups is 1. The van der Waals surface area contributed by atoms with Gasteiger partial charge in [0, 0.05) is 5.75 Å².